The number of rotatable bonds is 1. The Bertz CT molecular complexity index is 687. The molecule has 134 valence electrons. The molecule has 2 heterocycles. The number of carbonyl (C=O) groups excluding carboxylic acids is 3. The van der Waals surface area contributed by atoms with E-state index in [0.717, 1.165) is 6.42 Å². The number of amides is 3. The molecule has 3 amide bonds. The molecule has 0 bridgehead atoms. The fourth-order valence-electron chi connectivity index (χ4n) is 3.39. The molecule has 6 heteroatoms. The molecule has 0 saturated carbocycles. The Balaban J connectivity index is 1.81. The monoisotopic (exact) mass is 344 g/mol. The van der Waals surface area contributed by atoms with E-state index in [1.807, 2.05) is 27.7 Å². The van der Waals surface area contributed by atoms with Gasteiger partial charge in [-0.05, 0) is 45.2 Å². The summed E-state index contributed by atoms with van der Waals surface area (Å²) in [4.78, 5) is 40.8. The molecule has 3 rings (SSSR count). The minimum Gasteiger partial charge on any atom is -0.444 e. The van der Waals surface area contributed by atoms with Crippen LogP contribution >= 0.6 is 0 Å². The van der Waals surface area contributed by atoms with E-state index >= 15 is 0 Å². The van der Waals surface area contributed by atoms with Crippen LogP contribution in [-0.4, -0.2) is 52.4 Å². The van der Waals surface area contributed by atoms with E-state index in [1.165, 1.54) is 4.90 Å². The van der Waals surface area contributed by atoms with Crippen LogP contribution in [0.2, 0.25) is 0 Å². The third-order valence-corrected chi connectivity index (χ3v) is 4.73. The highest BCUT2D eigenvalue weighted by Gasteiger charge is 2.44. The quantitative estimate of drug-likeness (QED) is 0.735. The third kappa shape index (κ3) is 3.25. The molecular formula is C19H24N2O4. The van der Waals surface area contributed by atoms with Gasteiger partial charge in [0.2, 0.25) is 0 Å². The largest absolute Gasteiger partial charge is 0.444 e. The van der Waals surface area contributed by atoms with Crippen molar-refractivity contribution in [3.63, 3.8) is 0 Å². The van der Waals surface area contributed by atoms with Gasteiger partial charge in [0.1, 0.15) is 5.60 Å². The standard InChI is InChI=1S/C19H24N2O4/c1-12-9-10-20(18(24)25-19(2,3)4)11-15(12)21-16(22)13-7-5-6-8-14(13)17(21)23/h5-8,12,15H,9-11H2,1-4H3. The summed E-state index contributed by atoms with van der Waals surface area (Å²) in [6.45, 7) is 8.34. The zero-order chi connectivity index (χ0) is 18.4. The Labute approximate surface area is 147 Å². The van der Waals surface area contributed by atoms with E-state index in [9.17, 15) is 14.4 Å². The molecule has 0 N–H and O–H groups in total. The Morgan fingerprint density at radius 3 is 2.20 bits per heavy atom. The summed E-state index contributed by atoms with van der Waals surface area (Å²) >= 11 is 0. The Morgan fingerprint density at radius 2 is 1.68 bits per heavy atom. The molecule has 1 saturated heterocycles. The van der Waals surface area contributed by atoms with Crippen molar-refractivity contribution in [1.82, 2.24) is 9.80 Å². The molecule has 0 radical (unpaired) electrons. The van der Waals surface area contributed by atoms with Crippen molar-refractivity contribution in [3.8, 4) is 0 Å². The van der Waals surface area contributed by atoms with Crippen LogP contribution < -0.4 is 0 Å². The highest BCUT2D eigenvalue weighted by molar-refractivity contribution is 6.21. The minimum absolute atomic E-state index is 0.126. The van der Waals surface area contributed by atoms with Gasteiger partial charge in [0, 0.05) is 13.1 Å². The summed E-state index contributed by atoms with van der Waals surface area (Å²) in [7, 11) is 0. The molecule has 0 spiro atoms. The van der Waals surface area contributed by atoms with Crippen molar-refractivity contribution in [3.05, 3.63) is 35.4 Å². The van der Waals surface area contributed by atoms with Crippen molar-refractivity contribution < 1.29 is 19.1 Å². The lowest BCUT2D eigenvalue weighted by molar-refractivity contribution is 0.00392. The van der Waals surface area contributed by atoms with E-state index in [0.29, 0.717) is 24.2 Å². The molecule has 0 aromatic heterocycles. The van der Waals surface area contributed by atoms with E-state index in [2.05, 4.69) is 0 Å². The predicted molar refractivity (Wildman–Crippen MR) is 92.3 cm³/mol. The lowest BCUT2D eigenvalue weighted by Gasteiger charge is -2.40. The number of fused-ring (bicyclic) bond motifs is 1. The van der Waals surface area contributed by atoms with Crippen molar-refractivity contribution in [2.75, 3.05) is 13.1 Å². The van der Waals surface area contributed by atoms with Crippen molar-refractivity contribution in [2.45, 2.75) is 45.8 Å². The van der Waals surface area contributed by atoms with Gasteiger partial charge in [-0.2, -0.15) is 0 Å². The van der Waals surface area contributed by atoms with Crippen molar-refractivity contribution in [1.29, 1.82) is 0 Å². The number of imide groups is 1. The van der Waals surface area contributed by atoms with Gasteiger partial charge >= 0.3 is 6.09 Å². The maximum Gasteiger partial charge on any atom is 0.410 e. The fourth-order valence-corrected chi connectivity index (χ4v) is 3.39. The van der Waals surface area contributed by atoms with Crippen LogP contribution in [0.15, 0.2) is 24.3 Å². The van der Waals surface area contributed by atoms with Gasteiger partial charge in [-0.1, -0.05) is 19.1 Å². The maximum atomic E-state index is 12.7. The van der Waals surface area contributed by atoms with Crippen molar-refractivity contribution in [2.24, 2.45) is 5.92 Å². The third-order valence-electron chi connectivity index (χ3n) is 4.73. The second-order valence-electron chi connectivity index (χ2n) is 7.79. The Hall–Kier alpha value is -2.37. The first-order valence-corrected chi connectivity index (χ1v) is 8.64. The summed E-state index contributed by atoms with van der Waals surface area (Å²) in [5.41, 5.74) is 0.300. The molecule has 2 aliphatic rings. The second-order valence-corrected chi connectivity index (χ2v) is 7.79. The van der Waals surface area contributed by atoms with Crippen LogP contribution in [0.1, 0.15) is 54.8 Å². The normalized spacial score (nSPS) is 23.7. The molecule has 2 aliphatic heterocycles. The van der Waals surface area contributed by atoms with Gasteiger partial charge in [-0.3, -0.25) is 14.5 Å². The number of carbonyl (C=O) groups is 3. The summed E-state index contributed by atoms with van der Waals surface area (Å²) in [5.74, 6) is -0.423. The number of nitrogens with zero attached hydrogens (tertiary/aromatic N) is 2. The molecule has 1 aromatic carbocycles. The van der Waals surface area contributed by atoms with Gasteiger partial charge < -0.3 is 9.64 Å². The summed E-state index contributed by atoms with van der Waals surface area (Å²) in [5, 5.41) is 0. The van der Waals surface area contributed by atoms with E-state index < -0.39 is 11.7 Å². The van der Waals surface area contributed by atoms with Crippen LogP contribution in [0.4, 0.5) is 4.79 Å². The molecule has 6 nitrogen and oxygen atoms in total. The lowest BCUT2D eigenvalue weighted by Crippen LogP contribution is -2.55. The number of hydrogen-bond acceptors (Lipinski definition) is 4. The van der Waals surface area contributed by atoms with Crippen LogP contribution in [0.3, 0.4) is 0 Å². The average molecular weight is 344 g/mol. The molecule has 2 atom stereocenters. The first-order chi connectivity index (χ1) is 11.7. The highest BCUT2D eigenvalue weighted by atomic mass is 16.6. The summed E-state index contributed by atoms with van der Waals surface area (Å²) < 4.78 is 5.44. The number of benzene rings is 1. The van der Waals surface area contributed by atoms with Crippen LogP contribution in [-0.2, 0) is 4.74 Å². The van der Waals surface area contributed by atoms with Gasteiger partial charge in [-0.25, -0.2) is 4.79 Å². The van der Waals surface area contributed by atoms with Crippen LogP contribution in [0, 0.1) is 5.92 Å². The Morgan fingerprint density at radius 1 is 1.12 bits per heavy atom. The maximum absolute atomic E-state index is 12.7. The van der Waals surface area contributed by atoms with Crippen LogP contribution in [0.5, 0.6) is 0 Å². The molecule has 1 aromatic rings. The molecule has 2 unspecified atom stereocenters. The van der Waals surface area contributed by atoms with Gasteiger partial charge in [0.05, 0.1) is 17.2 Å². The average Bonchev–Trinajstić information content (AvgIpc) is 2.78. The molecule has 25 heavy (non-hydrogen) atoms. The fraction of sp³-hybridized carbons (Fsp3) is 0.526. The Kier molecular flexibility index (Phi) is 4.31. The smallest absolute Gasteiger partial charge is 0.410 e. The number of piperidine rings is 1. The first-order valence-electron chi connectivity index (χ1n) is 8.64. The number of hydrogen-bond donors (Lipinski definition) is 0. The van der Waals surface area contributed by atoms with Gasteiger partial charge in [0.25, 0.3) is 11.8 Å². The topological polar surface area (TPSA) is 66.9 Å². The van der Waals surface area contributed by atoms with E-state index in [-0.39, 0.29) is 23.8 Å². The van der Waals surface area contributed by atoms with Crippen LogP contribution in [0.25, 0.3) is 0 Å². The summed E-state index contributed by atoms with van der Waals surface area (Å²) in [6.07, 6.45) is 0.318. The first kappa shape index (κ1) is 17.5. The van der Waals surface area contributed by atoms with E-state index in [4.69, 9.17) is 4.74 Å². The lowest BCUT2D eigenvalue weighted by atomic mass is 9.92. The van der Waals surface area contributed by atoms with Gasteiger partial charge in [-0.15, -0.1) is 0 Å². The number of likely N-dealkylation sites (tertiary alicyclic amines) is 1. The molecule has 1 fully saturated rings. The molecular weight excluding hydrogens is 320 g/mol. The van der Waals surface area contributed by atoms with Gasteiger partial charge in [0.15, 0.2) is 0 Å². The predicted octanol–water partition coefficient (Wildman–Crippen LogP) is 2.93. The second kappa shape index (κ2) is 6.17. The zero-order valence-electron chi connectivity index (χ0n) is 15.1. The SMILES string of the molecule is CC1CCN(C(=O)OC(C)(C)C)CC1N1C(=O)c2ccccc2C1=O. The summed E-state index contributed by atoms with van der Waals surface area (Å²) in [6, 6.07) is 6.52. The number of ether oxygens (including phenoxy) is 1. The zero-order valence-corrected chi connectivity index (χ0v) is 15.1. The minimum atomic E-state index is -0.578. The highest BCUT2D eigenvalue weighted by Crippen LogP contribution is 2.31. The molecule has 0 aliphatic carbocycles. The van der Waals surface area contributed by atoms with Crippen molar-refractivity contribution >= 4 is 17.9 Å². The van der Waals surface area contributed by atoms with E-state index in [1.54, 1.807) is 29.2 Å².